The zero-order valence-electron chi connectivity index (χ0n) is 8.65. The van der Waals surface area contributed by atoms with Gasteiger partial charge in [-0.2, -0.15) is 0 Å². The molecule has 0 amide bonds. The minimum absolute atomic E-state index is 0.294. The maximum absolute atomic E-state index is 10.5. The van der Waals surface area contributed by atoms with Crippen molar-refractivity contribution in [2.75, 3.05) is 0 Å². The number of rotatable bonds is 3. The van der Waals surface area contributed by atoms with Crippen LogP contribution in [-0.4, -0.2) is 4.92 Å². The Kier molecular flexibility index (Phi) is 3.56. The molecule has 17 heavy (non-hydrogen) atoms. The van der Waals surface area contributed by atoms with Gasteiger partial charge in [0.15, 0.2) is 0 Å². The first-order valence-corrected chi connectivity index (χ1v) is 6.67. The van der Waals surface area contributed by atoms with Crippen LogP contribution >= 0.6 is 38.9 Å². The van der Waals surface area contributed by atoms with Crippen LogP contribution in [0.15, 0.2) is 26.4 Å². The molecule has 1 unspecified atom stereocenters. The highest BCUT2D eigenvalue weighted by Gasteiger charge is 2.21. The molecule has 0 aliphatic rings. The van der Waals surface area contributed by atoms with Crippen LogP contribution in [0.3, 0.4) is 0 Å². The van der Waals surface area contributed by atoms with Gasteiger partial charge in [0.05, 0.1) is 9.85 Å². The average Bonchev–Trinajstić information content (AvgIpc) is 2.86. The van der Waals surface area contributed by atoms with Crippen molar-refractivity contribution in [1.29, 1.82) is 0 Å². The Morgan fingerprint density at radius 3 is 2.76 bits per heavy atom. The summed E-state index contributed by atoms with van der Waals surface area (Å²) in [6.45, 7) is 1.96. The summed E-state index contributed by atoms with van der Waals surface area (Å²) in [6, 6.07) is 4.76. The second kappa shape index (κ2) is 4.80. The molecule has 2 aromatic heterocycles. The van der Waals surface area contributed by atoms with Crippen LogP contribution in [0.25, 0.3) is 0 Å². The molecule has 0 fully saturated rings. The quantitative estimate of drug-likeness (QED) is 0.466. The van der Waals surface area contributed by atoms with Gasteiger partial charge in [-0.15, -0.1) is 22.9 Å². The van der Waals surface area contributed by atoms with Crippen LogP contribution in [0.5, 0.6) is 0 Å². The van der Waals surface area contributed by atoms with Crippen molar-refractivity contribution in [3.63, 3.8) is 0 Å². The summed E-state index contributed by atoms with van der Waals surface area (Å²) in [5.41, 5.74) is 1.08. The van der Waals surface area contributed by atoms with E-state index in [2.05, 4.69) is 15.9 Å². The summed E-state index contributed by atoms with van der Waals surface area (Å²) in [7, 11) is 0. The molecule has 90 valence electrons. The van der Waals surface area contributed by atoms with E-state index in [1.165, 1.54) is 23.5 Å². The van der Waals surface area contributed by atoms with Crippen molar-refractivity contribution in [2.45, 2.75) is 12.3 Å². The van der Waals surface area contributed by atoms with Crippen molar-refractivity contribution >= 4 is 44.8 Å². The largest absolute Gasteiger partial charge is 0.433 e. The molecular formula is C10H7BrClNO3S. The Bertz CT molecular complexity index is 546. The number of thiophene rings is 1. The molecule has 0 aromatic carbocycles. The van der Waals surface area contributed by atoms with Crippen LogP contribution < -0.4 is 0 Å². The summed E-state index contributed by atoms with van der Waals surface area (Å²) >= 11 is 11.1. The Balaban J connectivity index is 2.30. The third-order valence-corrected chi connectivity index (χ3v) is 4.95. The lowest BCUT2D eigenvalue weighted by molar-refractivity contribution is -0.402. The van der Waals surface area contributed by atoms with Gasteiger partial charge in [-0.05, 0) is 40.5 Å². The molecule has 2 rings (SSSR count). The van der Waals surface area contributed by atoms with Crippen molar-refractivity contribution in [2.24, 2.45) is 0 Å². The van der Waals surface area contributed by atoms with Crippen LogP contribution in [0, 0.1) is 17.0 Å². The normalized spacial score (nSPS) is 12.6. The predicted octanol–water partition coefficient (Wildman–Crippen LogP) is 4.65. The van der Waals surface area contributed by atoms with E-state index >= 15 is 0 Å². The molecular weight excluding hydrogens is 330 g/mol. The lowest BCUT2D eigenvalue weighted by Gasteiger charge is -2.01. The van der Waals surface area contributed by atoms with E-state index in [1.807, 2.05) is 13.0 Å². The number of halogens is 2. The van der Waals surface area contributed by atoms with E-state index in [4.69, 9.17) is 16.0 Å². The zero-order valence-corrected chi connectivity index (χ0v) is 11.8. The summed E-state index contributed by atoms with van der Waals surface area (Å²) in [6.07, 6.45) is 0. The number of hydrogen-bond acceptors (Lipinski definition) is 4. The molecule has 0 aliphatic carbocycles. The van der Waals surface area contributed by atoms with Gasteiger partial charge in [0.2, 0.25) is 0 Å². The fraction of sp³-hybridized carbons (Fsp3) is 0.200. The average molecular weight is 337 g/mol. The van der Waals surface area contributed by atoms with Crippen molar-refractivity contribution in [3.05, 3.63) is 48.3 Å². The Hall–Kier alpha value is -0.850. The van der Waals surface area contributed by atoms with Gasteiger partial charge in [-0.1, -0.05) is 0 Å². The van der Waals surface area contributed by atoms with E-state index in [0.717, 1.165) is 14.2 Å². The van der Waals surface area contributed by atoms with E-state index in [1.54, 1.807) is 0 Å². The third kappa shape index (κ3) is 2.53. The molecule has 0 N–H and O–H groups in total. The zero-order chi connectivity index (χ0) is 12.6. The lowest BCUT2D eigenvalue weighted by Crippen LogP contribution is -1.87. The van der Waals surface area contributed by atoms with E-state index in [9.17, 15) is 10.1 Å². The van der Waals surface area contributed by atoms with Crippen molar-refractivity contribution < 1.29 is 9.34 Å². The molecule has 2 heterocycles. The van der Waals surface area contributed by atoms with Gasteiger partial charge in [-0.3, -0.25) is 10.1 Å². The second-order valence-corrected chi connectivity index (χ2v) is 6.24. The Labute approximate surface area is 114 Å². The van der Waals surface area contributed by atoms with Crippen LogP contribution in [0.4, 0.5) is 5.88 Å². The molecule has 0 spiro atoms. The standard InChI is InChI=1S/C10H7BrClNO3S/c1-5-4-7(17-10(5)11)9(12)6-2-3-8(16-6)13(14)15/h2-4,9H,1H3. The van der Waals surface area contributed by atoms with Crippen LogP contribution in [-0.2, 0) is 0 Å². The number of nitrogens with zero attached hydrogens (tertiary/aromatic N) is 1. The van der Waals surface area contributed by atoms with Crippen LogP contribution in [0.2, 0.25) is 0 Å². The van der Waals surface area contributed by atoms with Gasteiger partial charge < -0.3 is 4.42 Å². The van der Waals surface area contributed by atoms with Gasteiger partial charge in [0.1, 0.15) is 16.1 Å². The number of nitro groups is 1. The Morgan fingerprint density at radius 2 is 2.29 bits per heavy atom. The first-order chi connectivity index (χ1) is 7.99. The highest BCUT2D eigenvalue weighted by Crippen LogP contribution is 2.39. The number of alkyl halides is 1. The Morgan fingerprint density at radius 1 is 1.59 bits per heavy atom. The van der Waals surface area contributed by atoms with E-state index < -0.39 is 10.3 Å². The smallest absolute Gasteiger partial charge is 0.404 e. The van der Waals surface area contributed by atoms with Crippen LogP contribution in [0.1, 0.15) is 21.6 Å². The predicted molar refractivity (Wildman–Crippen MR) is 69.8 cm³/mol. The fourth-order valence-electron chi connectivity index (χ4n) is 1.33. The maximum Gasteiger partial charge on any atom is 0.433 e. The van der Waals surface area contributed by atoms with Gasteiger partial charge >= 0.3 is 5.88 Å². The first kappa shape index (κ1) is 12.6. The summed E-state index contributed by atoms with van der Waals surface area (Å²) < 4.78 is 6.07. The second-order valence-electron chi connectivity index (χ2n) is 3.40. The number of aryl methyl sites for hydroxylation is 1. The maximum atomic E-state index is 10.5. The lowest BCUT2D eigenvalue weighted by atomic mass is 10.2. The molecule has 2 aromatic rings. The summed E-state index contributed by atoms with van der Waals surface area (Å²) in [4.78, 5) is 10.8. The highest BCUT2D eigenvalue weighted by atomic mass is 79.9. The topological polar surface area (TPSA) is 56.3 Å². The van der Waals surface area contributed by atoms with Crippen molar-refractivity contribution in [3.8, 4) is 0 Å². The molecule has 0 aliphatic heterocycles. The monoisotopic (exact) mass is 335 g/mol. The minimum Gasteiger partial charge on any atom is -0.404 e. The van der Waals surface area contributed by atoms with Crippen molar-refractivity contribution in [1.82, 2.24) is 0 Å². The van der Waals surface area contributed by atoms with E-state index in [0.29, 0.717) is 5.76 Å². The van der Waals surface area contributed by atoms with E-state index in [-0.39, 0.29) is 5.88 Å². The van der Waals surface area contributed by atoms with Gasteiger partial charge in [0.25, 0.3) is 0 Å². The molecule has 0 saturated heterocycles. The SMILES string of the molecule is Cc1cc(C(Cl)c2ccc([N+](=O)[O-])o2)sc1Br. The molecule has 4 nitrogen and oxygen atoms in total. The molecule has 1 atom stereocenters. The molecule has 7 heteroatoms. The first-order valence-electron chi connectivity index (χ1n) is 4.63. The highest BCUT2D eigenvalue weighted by molar-refractivity contribution is 9.11. The van der Waals surface area contributed by atoms with Gasteiger partial charge in [-0.25, -0.2) is 0 Å². The minimum atomic E-state index is -0.581. The number of furan rings is 1. The summed E-state index contributed by atoms with van der Waals surface area (Å²) in [5.74, 6) is 0.0881. The fourth-order valence-corrected chi connectivity index (χ4v) is 3.20. The molecule has 0 radical (unpaired) electrons. The van der Waals surface area contributed by atoms with Gasteiger partial charge in [0, 0.05) is 4.88 Å². The third-order valence-electron chi connectivity index (χ3n) is 2.17. The molecule has 0 bridgehead atoms. The molecule has 0 saturated carbocycles. The summed E-state index contributed by atoms with van der Waals surface area (Å²) in [5, 5.41) is 9.99. The number of hydrogen-bond donors (Lipinski definition) is 0.